The van der Waals surface area contributed by atoms with Gasteiger partial charge in [0, 0.05) is 12.1 Å². The first-order chi connectivity index (χ1) is 11.5. The lowest BCUT2D eigenvalue weighted by Crippen LogP contribution is -2.42. The Bertz CT molecular complexity index is 671. The second-order valence-corrected chi connectivity index (χ2v) is 6.28. The summed E-state index contributed by atoms with van der Waals surface area (Å²) in [6.45, 7) is -0.160. The highest BCUT2D eigenvalue weighted by molar-refractivity contribution is 5.87. The Morgan fingerprint density at radius 1 is 1.33 bits per heavy atom. The lowest BCUT2D eigenvalue weighted by atomic mass is 9.85. The largest absolute Gasteiger partial charge is 0.494 e. The van der Waals surface area contributed by atoms with Crippen LogP contribution in [0, 0.1) is 17.6 Å². The van der Waals surface area contributed by atoms with Gasteiger partial charge in [0.15, 0.2) is 11.6 Å². The van der Waals surface area contributed by atoms with Gasteiger partial charge < -0.3 is 14.8 Å². The standard InChI is InChI=1S/C17H19F2NO4/c1-23-12-5-4-10(14(18)15(12)19)9-20-16(22)11-8-13(21)24-17(11)6-2-3-7-17/h4-5,11H,2-3,6-9H2,1H3,(H,20,22)/t11-/m0/s1. The molecule has 0 unspecified atom stereocenters. The quantitative estimate of drug-likeness (QED) is 0.856. The van der Waals surface area contributed by atoms with Gasteiger partial charge in [0.2, 0.25) is 11.7 Å². The smallest absolute Gasteiger partial charge is 0.307 e. The third-order valence-electron chi connectivity index (χ3n) is 4.89. The highest BCUT2D eigenvalue weighted by Gasteiger charge is 2.53. The van der Waals surface area contributed by atoms with E-state index in [1.165, 1.54) is 19.2 Å². The van der Waals surface area contributed by atoms with Crippen molar-refractivity contribution in [3.63, 3.8) is 0 Å². The van der Waals surface area contributed by atoms with Crippen LogP contribution in [0.1, 0.15) is 37.7 Å². The fourth-order valence-electron chi connectivity index (χ4n) is 3.62. The van der Waals surface area contributed by atoms with Crippen LogP contribution in [0.25, 0.3) is 0 Å². The molecule has 1 aromatic carbocycles. The maximum atomic E-state index is 13.9. The van der Waals surface area contributed by atoms with Gasteiger partial charge in [-0.2, -0.15) is 4.39 Å². The molecule has 1 spiro atoms. The molecule has 2 aliphatic rings. The number of rotatable bonds is 4. The Labute approximate surface area is 138 Å². The van der Waals surface area contributed by atoms with Crippen molar-refractivity contribution in [3.05, 3.63) is 29.3 Å². The van der Waals surface area contributed by atoms with Crippen LogP contribution in [0.4, 0.5) is 8.78 Å². The molecule has 7 heteroatoms. The first-order valence-electron chi connectivity index (χ1n) is 7.97. The molecule has 5 nitrogen and oxygen atoms in total. The highest BCUT2D eigenvalue weighted by Crippen LogP contribution is 2.45. The Morgan fingerprint density at radius 2 is 2.04 bits per heavy atom. The van der Waals surface area contributed by atoms with Gasteiger partial charge in [0.1, 0.15) is 5.60 Å². The molecule has 1 saturated heterocycles. The monoisotopic (exact) mass is 339 g/mol. The summed E-state index contributed by atoms with van der Waals surface area (Å²) in [7, 11) is 1.25. The molecule has 1 heterocycles. The molecule has 1 amide bonds. The van der Waals surface area contributed by atoms with Crippen molar-refractivity contribution in [2.75, 3.05) is 7.11 Å². The first kappa shape index (κ1) is 16.7. The van der Waals surface area contributed by atoms with Gasteiger partial charge in [-0.1, -0.05) is 6.07 Å². The minimum atomic E-state index is -1.09. The summed E-state index contributed by atoms with van der Waals surface area (Å²) in [5.74, 6) is -3.64. The van der Waals surface area contributed by atoms with E-state index in [0.29, 0.717) is 12.8 Å². The van der Waals surface area contributed by atoms with Crippen molar-refractivity contribution in [3.8, 4) is 5.75 Å². The fraction of sp³-hybridized carbons (Fsp3) is 0.529. The number of carbonyl (C=O) groups excluding carboxylic acids is 2. The van der Waals surface area contributed by atoms with Crippen molar-refractivity contribution in [1.29, 1.82) is 0 Å². The van der Waals surface area contributed by atoms with E-state index in [0.717, 1.165) is 12.8 Å². The lowest BCUT2D eigenvalue weighted by Gasteiger charge is -2.27. The molecule has 2 fully saturated rings. The van der Waals surface area contributed by atoms with Crippen molar-refractivity contribution in [1.82, 2.24) is 5.32 Å². The number of amides is 1. The third-order valence-corrected chi connectivity index (χ3v) is 4.89. The van der Waals surface area contributed by atoms with Gasteiger partial charge in [-0.25, -0.2) is 4.39 Å². The van der Waals surface area contributed by atoms with Crippen molar-refractivity contribution in [2.24, 2.45) is 5.92 Å². The van der Waals surface area contributed by atoms with Crippen molar-refractivity contribution < 1.29 is 27.8 Å². The molecule has 0 radical (unpaired) electrons. The van der Waals surface area contributed by atoms with Crippen LogP contribution >= 0.6 is 0 Å². The average Bonchev–Trinajstić information content (AvgIpc) is 3.15. The van der Waals surface area contributed by atoms with Crippen molar-refractivity contribution in [2.45, 2.75) is 44.2 Å². The summed E-state index contributed by atoms with van der Waals surface area (Å²) >= 11 is 0. The number of hydrogen-bond acceptors (Lipinski definition) is 4. The topological polar surface area (TPSA) is 64.6 Å². The maximum Gasteiger partial charge on any atom is 0.307 e. The summed E-state index contributed by atoms with van der Waals surface area (Å²) in [6.07, 6.45) is 3.20. The molecule has 1 N–H and O–H groups in total. The zero-order chi connectivity index (χ0) is 17.3. The van der Waals surface area contributed by atoms with Crippen LogP contribution in [0.15, 0.2) is 12.1 Å². The third kappa shape index (κ3) is 2.83. The van der Waals surface area contributed by atoms with Crippen LogP contribution < -0.4 is 10.1 Å². The summed E-state index contributed by atoms with van der Waals surface area (Å²) in [5.41, 5.74) is -0.697. The van der Waals surface area contributed by atoms with E-state index < -0.39 is 23.2 Å². The summed E-state index contributed by atoms with van der Waals surface area (Å²) in [5, 5.41) is 2.60. The molecular weight excluding hydrogens is 320 g/mol. The molecule has 3 rings (SSSR count). The van der Waals surface area contributed by atoms with Crippen LogP contribution in [0.2, 0.25) is 0 Å². The van der Waals surface area contributed by atoms with E-state index in [2.05, 4.69) is 5.32 Å². The Hall–Kier alpha value is -2.18. The maximum absolute atomic E-state index is 13.9. The predicted molar refractivity (Wildman–Crippen MR) is 80.2 cm³/mol. The van der Waals surface area contributed by atoms with E-state index in [1.807, 2.05) is 0 Å². The number of nitrogens with one attached hydrogen (secondary N) is 1. The number of hydrogen-bond donors (Lipinski definition) is 1. The SMILES string of the molecule is COc1ccc(CNC(=O)[C@@H]2CC(=O)OC23CCCC3)c(F)c1F. The molecule has 130 valence electrons. The molecule has 0 aromatic heterocycles. The normalized spacial score (nSPS) is 21.8. The molecule has 1 aromatic rings. The Kier molecular flexibility index (Phi) is 4.43. The van der Waals surface area contributed by atoms with Crippen molar-refractivity contribution >= 4 is 11.9 Å². The summed E-state index contributed by atoms with van der Waals surface area (Å²) in [6, 6.07) is 2.67. The van der Waals surface area contributed by atoms with E-state index in [1.54, 1.807) is 0 Å². The predicted octanol–water partition coefficient (Wildman–Crippen LogP) is 2.47. The van der Waals surface area contributed by atoms with Gasteiger partial charge in [-0.15, -0.1) is 0 Å². The second kappa shape index (κ2) is 6.37. The minimum Gasteiger partial charge on any atom is -0.494 e. The molecule has 1 aliphatic carbocycles. The molecular formula is C17H19F2NO4. The van der Waals surface area contributed by atoms with Gasteiger partial charge in [0.05, 0.1) is 19.4 Å². The van der Waals surface area contributed by atoms with Crippen LogP contribution in [0.5, 0.6) is 5.75 Å². The average molecular weight is 339 g/mol. The molecule has 0 bridgehead atoms. The van der Waals surface area contributed by atoms with Gasteiger partial charge in [-0.3, -0.25) is 9.59 Å². The van der Waals surface area contributed by atoms with E-state index in [-0.39, 0.29) is 36.2 Å². The molecule has 24 heavy (non-hydrogen) atoms. The number of halogens is 2. The Morgan fingerprint density at radius 3 is 2.71 bits per heavy atom. The molecule has 1 atom stereocenters. The molecule has 1 saturated carbocycles. The van der Waals surface area contributed by atoms with E-state index >= 15 is 0 Å². The lowest BCUT2D eigenvalue weighted by molar-refractivity contribution is -0.149. The number of ether oxygens (including phenoxy) is 2. The number of benzene rings is 1. The number of esters is 1. The second-order valence-electron chi connectivity index (χ2n) is 6.28. The highest BCUT2D eigenvalue weighted by atomic mass is 19.2. The van der Waals surface area contributed by atoms with Crippen LogP contribution in [-0.4, -0.2) is 24.6 Å². The van der Waals surface area contributed by atoms with E-state index in [9.17, 15) is 18.4 Å². The Balaban J connectivity index is 1.70. The summed E-state index contributed by atoms with van der Waals surface area (Å²) < 4.78 is 37.8. The van der Waals surface area contributed by atoms with Gasteiger partial charge >= 0.3 is 5.97 Å². The molecule has 1 aliphatic heterocycles. The summed E-state index contributed by atoms with van der Waals surface area (Å²) in [4.78, 5) is 24.1. The van der Waals surface area contributed by atoms with E-state index in [4.69, 9.17) is 9.47 Å². The minimum absolute atomic E-state index is 0.0207. The van der Waals surface area contributed by atoms with Gasteiger partial charge in [-0.05, 0) is 31.7 Å². The van der Waals surface area contributed by atoms with Gasteiger partial charge in [0.25, 0.3) is 0 Å². The van der Waals surface area contributed by atoms with Crippen LogP contribution in [0.3, 0.4) is 0 Å². The number of methoxy groups -OCH3 is 1. The first-order valence-corrected chi connectivity index (χ1v) is 7.97. The number of carbonyl (C=O) groups is 2. The zero-order valence-corrected chi connectivity index (χ0v) is 13.4. The fourth-order valence-corrected chi connectivity index (χ4v) is 3.62. The zero-order valence-electron chi connectivity index (χ0n) is 13.4. The van der Waals surface area contributed by atoms with Crippen LogP contribution in [-0.2, 0) is 20.9 Å².